The van der Waals surface area contributed by atoms with Crippen molar-refractivity contribution in [1.29, 1.82) is 0 Å². The van der Waals surface area contributed by atoms with Crippen LogP contribution in [-0.4, -0.2) is 10.9 Å². The average molecular weight is 303 g/mol. The largest absolute Gasteiger partial charge is 0.396 e. The van der Waals surface area contributed by atoms with E-state index in [1.54, 1.807) is 0 Å². The predicted octanol–water partition coefficient (Wildman–Crippen LogP) is 2.61. The Kier molecular flexibility index (Phi) is 3.74. The van der Waals surface area contributed by atoms with Crippen LogP contribution in [0.1, 0.15) is 10.4 Å². The summed E-state index contributed by atoms with van der Waals surface area (Å²) in [6.07, 6.45) is 2.35. The summed E-state index contributed by atoms with van der Waals surface area (Å²) < 4.78 is 65.7. The molecule has 0 unspecified atom stereocenters. The lowest BCUT2D eigenvalue weighted by atomic mass is 10.1. The van der Waals surface area contributed by atoms with Gasteiger partial charge >= 0.3 is 0 Å². The highest BCUT2D eigenvalue weighted by atomic mass is 19.2. The van der Waals surface area contributed by atoms with Crippen molar-refractivity contribution in [3.05, 3.63) is 53.1 Å². The Hall–Kier alpha value is -2.71. The van der Waals surface area contributed by atoms with E-state index in [1.807, 2.05) is 5.32 Å². The molecule has 0 spiro atoms. The van der Waals surface area contributed by atoms with Gasteiger partial charge in [-0.15, -0.1) is 0 Å². The molecule has 0 saturated heterocycles. The molecule has 1 amide bonds. The van der Waals surface area contributed by atoms with E-state index < -0.39 is 40.6 Å². The van der Waals surface area contributed by atoms with Crippen molar-refractivity contribution in [2.75, 3.05) is 11.1 Å². The maximum Gasteiger partial charge on any atom is 0.261 e. The first-order valence-corrected chi connectivity index (χ1v) is 5.36. The summed E-state index contributed by atoms with van der Waals surface area (Å²) in [7, 11) is 0. The third-order valence-corrected chi connectivity index (χ3v) is 2.54. The second-order valence-electron chi connectivity index (χ2n) is 3.86. The van der Waals surface area contributed by atoms with Gasteiger partial charge in [0.1, 0.15) is 5.56 Å². The topological polar surface area (TPSA) is 68.0 Å². The number of nitrogen functional groups attached to an aromatic ring is 1. The van der Waals surface area contributed by atoms with Crippen molar-refractivity contribution in [2.24, 2.45) is 0 Å². The molecule has 2 aromatic rings. The number of rotatable bonds is 2. The number of nitrogens with zero attached hydrogens (tertiary/aromatic N) is 1. The van der Waals surface area contributed by atoms with Gasteiger partial charge < -0.3 is 11.1 Å². The first kappa shape index (κ1) is 14.7. The number of anilines is 2. The van der Waals surface area contributed by atoms with Gasteiger partial charge in [0.15, 0.2) is 23.3 Å². The fourth-order valence-corrected chi connectivity index (χ4v) is 1.51. The normalized spacial score (nSPS) is 10.5. The van der Waals surface area contributed by atoms with Gasteiger partial charge in [-0.2, -0.15) is 0 Å². The van der Waals surface area contributed by atoms with E-state index in [0.29, 0.717) is 0 Å². The molecule has 1 aromatic carbocycles. The number of carbonyl (C=O) groups excluding carboxylic acids is 1. The fourth-order valence-electron chi connectivity index (χ4n) is 1.51. The van der Waals surface area contributed by atoms with Crippen molar-refractivity contribution >= 4 is 17.3 Å². The van der Waals surface area contributed by atoms with Crippen molar-refractivity contribution in [2.45, 2.75) is 0 Å². The third kappa shape index (κ3) is 2.49. The van der Waals surface area contributed by atoms with E-state index in [4.69, 9.17) is 5.73 Å². The number of hydrogen-bond donors (Lipinski definition) is 2. The maximum atomic E-state index is 13.4. The van der Waals surface area contributed by atoms with Crippen LogP contribution in [-0.2, 0) is 0 Å². The molecular weight excluding hydrogens is 297 g/mol. The zero-order valence-corrected chi connectivity index (χ0v) is 10.1. The summed E-state index contributed by atoms with van der Waals surface area (Å²) >= 11 is 0. The zero-order valence-electron chi connectivity index (χ0n) is 10.1. The quantitative estimate of drug-likeness (QED) is 0.509. The van der Waals surface area contributed by atoms with Crippen molar-refractivity contribution in [3.63, 3.8) is 0 Å². The van der Waals surface area contributed by atoms with Crippen LogP contribution in [0.2, 0.25) is 0 Å². The second kappa shape index (κ2) is 5.35. The first-order chi connectivity index (χ1) is 9.84. The van der Waals surface area contributed by atoms with Crippen LogP contribution < -0.4 is 11.1 Å². The SMILES string of the molecule is Nc1cnccc1NC(=O)c1c(F)c(F)c(F)c(F)c1F. The molecule has 2 rings (SSSR count). The highest BCUT2D eigenvalue weighted by Crippen LogP contribution is 2.24. The molecule has 0 atom stereocenters. The van der Waals surface area contributed by atoms with Crippen LogP contribution in [0.3, 0.4) is 0 Å². The van der Waals surface area contributed by atoms with Gasteiger partial charge in [0, 0.05) is 6.20 Å². The van der Waals surface area contributed by atoms with Crippen molar-refractivity contribution in [3.8, 4) is 0 Å². The zero-order chi connectivity index (χ0) is 15.7. The molecule has 4 nitrogen and oxygen atoms in total. The monoisotopic (exact) mass is 303 g/mol. The number of nitrogens with one attached hydrogen (secondary N) is 1. The van der Waals surface area contributed by atoms with E-state index in [0.717, 1.165) is 6.20 Å². The highest BCUT2D eigenvalue weighted by molar-refractivity contribution is 6.06. The van der Waals surface area contributed by atoms with Gasteiger partial charge in [-0.05, 0) is 6.07 Å². The highest BCUT2D eigenvalue weighted by Gasteiger charge is 2.29. The van der Waals surface area contributed by atoms with E-state index in [-0.39, 0.29) is 11.4 Å². The standard InChI is InChI=1S/C12H6F5N3O/c13-7-6(8(14)10(16)11(17)9(7)15)12(21)20-5-1-2-19-3-4(5)18/h1-3H,18H2,(H,19,20,21). The molecule has 1 aromatic heterocycles. The van der Waals surface area contributed by atoms with Crippen LogP contribution in [0.4, 0.5) is 33.3 Å². The predicted molar refractivity (Wildman–Crippen MR) is 62.8 cm³/mol. The molecule has 0 bridgehead atoms. The number of hydrogen-bond acceptors (Lipinski definition) is 3. The summed E-state index contributed by atoms with van der Waals surface area (Å²) in [5.41, 5.74) is 3.71. The smallest absolute Gasteiger partial charge is 0.261 e. The van der Waals surface area contributed by atoms with Gasteiger partial charge in [0.05, 0.1) is 17.6 Å². The lowest BCUT2D eigenvalue weighted by Gasteiger charge is -2.10. The minimum absolute atomic E-state index is 0.0466. The number of amides is 1. The van der Waals surface area contributed by atoms with Gasteiger partial charge in [-0.1, -0.05) is 0 Å². The number of pyridine rings is 1. The van der Waals surface area contributed by atoms with Gasteiger partial charge in [-0.25, -0.2) is 22.0 Å². The van der Waals surface area contributed by atoms with E-state index in [1.165, 1.54) is 12.3 Å². The van der Waals surface area contributed by atoms with Gasteiger partial charge in [0.2, 0.25) is 5.82 Å². The van der Waals surface area contributed by atoms with E-state index >= 15 is 0 Å². The summed E-state index contributed by atoms with van der Waals surface area (Å²) in [5.74, 6) is -12.7. The number of carbonyl (C=O) groups is 1. The molecule has 110 valence electrons. The number of halogens is 5. The number of benzene rings is 1. The van der Waals surface area contributed by atoms with E-state index in [2.05, 4.69) is 4.98 Å². The molecule has 0 fully saturated rings. The summed E-state index contributed by atoms with van der Waals surface area (Å²) in [6.45, 7) is 0. The van der Waals surface area contributed by atoms with Crippen molar-refractivity contribution < 1.29 is 26.7 Å². The molecule has 21 heavy (non-hydrogen) atoms. The Labute approximate surface area is 114 Å². The van der Waals surface area contributed by atoms with Crippen molar-refractivity contribution in [1.82, 2.24) is 4.98 Å². The van der Waals surface area contributed by atoms with Crippen LogP contribution in [0.25, 0.3) is 0 Å². The Morgan fingerprint density at radius 2 is 1.52 bits per heavy atom. The van der Waals surface area contributed by atoms with Crippen LogP contribution in [0.5, 0.6) is 0 Å². The maximum absolute atomic E-state index is 13.4. The minimum atomic E-state index is -2.34. The summed E-state index contributed by atoms with van der Waals surface area (Å²) in [4.78, 5) is 15.3. The lowest BCUT2D eigenvalue weighted by molar-refractivity contribution is 0.101. The third-order valence-electron chi connectivity index (χ3n) is 2.54. The molecular formula is C12H6F5N3O. The molecule has 0 aliphatic rings. The second-order valence-corrected chi connectivity index (χ2v) is 3.86. The Morgan fingerprint density at radius 3 is 2.05 bits per heavy atom. The summed E-state index contributed by atoms with van der Waals surface area (Å²) in [5, 5.41) is 1.94. The van der Waals surface area contributed by atoms with E-state index in [9.17, 15) is 26.7 Å². The molecule has 9 heteroatoms. The molecule has 1 heterocycles. The van der Waals surface area contributed by atoms with Gasteiger partial charge in [0.25, 0.3) is 5.91 Å². The molecule has 0 aliphatic carbocycles. The average Bonchev–Trinajstić information content (AvgIpc) is 2.46. The molecule has 0 saturated carbocycles. The van der Waals surface area contributed by atoms with Crippen LogP contribution in [0, 0.1) is 29.1 Å². The Bertz CT molecular complexity index is 706. The van der Waals surface area contributed by atoms with Gasteiger partial charge in [-0.3, -0.25) is 9.78 Å². The number of aromatic nitrogens is 1. The number of nitrogens with two attached hydrogens (primary N) is 1. The molecule has 0 radical (unpaired) electrons. The lowest BCUT2D eigenvalue weighted by Crippen LogP contribution is -2.20. The molecule has 0 aliphatic heterocycles. The first-order valence-electron chi connectivity index (χ1n) is 5.36. The minimum Gasteiger partial charge on any atom is -0.396 e. The fraction of sp³-hybridized carbons (Fsp3) is 0. The van der Waals surface area contributed by atoms with Crippen LogP contribution >= 0.6 is 0 Å². The molecule has 3 N–H and O–H groups in total. The van der Waals surface area contributed by atoms with Crippen LogP contribution in [0.15, 0.2) is 18.5 Å². The Morgan fingerprint density at radius 1 is 1.00 bits per heavy atom. The summed E-state index contributed by atoms with van der Waals surface area (Å²) in [6, 6.07) is 1.19. The Balaban J connectivity index is 2.48.